The Morgan fingerprint density at radius 2 is 1.92 bits per heavy atom. The van der Waals surface area contributed by atoms with Gasteiger partial charge in [-0.3, -0.25) is 14.2 Å². The van der Waals surface area contributed by atoms with E-state index in [1.54, 1.807) is 4.57 Å². The minimum atomic E-state index is -0.0212. The summed E-state index contributed by atoms with van der Waals surface area (Å²) in [5.41, 5.74) is 0.673. The first-order valence-electron chi connectivity index (χ1n) is 9.46. The highest BCUT2D eigenvalue weighted by molar-refractivity contribution is 7.99. The second-order valence-corrected chi connectivity index (χ2v) is 8.03. The number of carbonyl (C=O) groups excluding carboxylic acids is 1. The van der Waals surface area contributed by atoms with Gasteiger partial charge in [-0.2, -0.15) is 0 Å². The van der Waals surface area contributed by atoms with E-state index in [1.165, 1.54) is 18.2 Å². The lowest BCUT2D eigenvalue weighted by Gasteiger charge is -2.39. The smallest absolute Gasteiger partial charge is 0.262 e. The molecule has 0 spiro atoms. The van der Waals surface area contributed by atoms with Crippen LogP contribution in [-0.4, -0.2) is 38.2 Å². The Morgan fingerprint density at radius 3 is 2.62 bits per heavy atom. The topological polar surface area (TPSA) is 55.2 Å². The van der Waals surface area contributed by atoms with Crippen molar-refractivity contribution in [1.29, 1.82) is 0 Å². The molecular formula is C20H27N3O2S. The van der Waals surface area contributed by atoms with Crippen LogP contribution in [0.15, 0.2) is 34.2 Å². The molecule has 1 amide bonds. The van der Waals surface area contributed by atoms with Crippen LogP contribution in [0, 0.1) is 0 Å². The molecule has 2 aromatic rings. The Hall–Kier alpha value is -1.82. The number of likely N-dealkylation sites (tertiary alicyclic amines) is 1. The van der Waals surface area contributed by atoms with E-state index in [0.717, 1.165) is 19.3 Å². The third-order valence-corrected chi connectivity index (χ3v) is 6.04. The number of thioether (sulfide) groups is 1. The molecule has 1 aromatic carbocycles. The van der Waals surface area contributed by atoms with E-state index < -0.39 is 0 Å². The van der Waals surface area contributed by atoms with Crippen LogP contribution in [0.2, 0.25) is 0 Å². The minimum Gasteiger partial charge on any atom is -0.337 e. The summed E-state index contributed by atoms with van der Waals surface area (Å²) in [7, 11) is 0. The molecular weight excluding hydrogens is 346 g/mol. The van der Waals surface area contributed by atoms with Crippen LogP contribution in [0.5, 0.6) is 0 Å². The Labute approximate surface area is 158 Å². The molecule has 2 heterocycles. The molecule has 2 atom stereocenters. The van der Waals surface area contributed by atoms with Crippen molar-refractivity contribution in [3.05, 3.63) is 34.6 Å². The van der Waals surface area contributed by atoms with Crippen molar-refractivity contribution in [1.82, 2.24) is 14.5 Å². The van der Waals surface area contributed by atoms with Gasteiger partial charge < -0.3 is 4.90 Å². The lowest BCUT2D eigenvalue weighted by molar-refractivity contribution is -0.134. The molecule has 1 aliphatic heterocycles. The van der Waals surface area contributed by atoms with Gasteiger partial charge in [0.05, 0.1) is 16.7 Å². The lowest BCUT2D eigenvalue weighted by atomic mass is 9.98. The molecule has 0 N–H and O–H groups in total. The summed E-state index contributed by atoms with van der Waals surface area (Å²) in [6, 6.07) is 7.98. The molecule has 1 saturated heterocycles. The molecule has 1 aliphatic rings. The maximum atomic E-state index is 12.8. The van der Waals surface area contributed by atoms with Crippen LogP contribution in [0.3, 0.4) is 0 Å². The van der Waals surface area contributed by atoms with Crippen molar-refractivity contribution in [2.75, 3.05) is 5.75 Å². The van der Waals surface area contributed by atoms with Crippen molar-refractivity contribution >= 4 is 28.6 Å². The van der Waals surface area contributed by atoms with E-state index in [2.05, 4.69) is 18.8 Å². The second kappa shape index (κ2) is 8.25. The molecule has 1 fully saturated rings. The van der Waals surface area contributed by atoms with Gasteiger partial charge >= 0.3 is 0 Å². The molecule has 26 heavy (non-hydrogen) atoms. The van der Waals surface area contributed by atoms with Gasteiger partial charge in [0.15, 0.2) is 5.16 Å². The van der Waals surface area contributed by atoms with Crippen molar-refractivity contribution in [2.24, 2.45) is 0 Å². The number of benzene rings is 1. The lowest BCUT2D eigenvalue weighted by Crippen LogP contribution is -2.48. The quantitative estimate of drug-likeness (QED) is 0.592. The summed E-state index contributed by atoms with van der Waals surface area (Å²) in [6.45, 7) is 6.90. The van der Waals surface area contributed by atoms with E-state index in [1.807, 2.05) is 36.1 Å². The Balaban J connectivity index is 1.85. The monoisotopic (exact) mass is 373 g/mol. The molecule has 1 aromatic heterocycles. The van der Waals surface area contributed by atoms with E-state index in [4.69, 9.17) is 0 Å². The zero-order valence-corrected chi connectivity index (χ0v) is 16.6. The normalized spacial score (nSPS) is 20.5. The first-order valence-corrected chi connectivity index (χ1v) is 10.4. The number of aromatic nitrogens is 2. The van der Waals surface area contributed by atoms with Gasteiger partial charge in [-0.1, -0.05) is 30.8 Å². The highest BCUT2D eigenvalue weighted by atomic mass is 32.2. The molecule has 5 nitrogen and oxygen atoms in total. The SMILES string of the molecule is CCCn1c(SCC(=O)N2[C@H](C)CCC[C@H]2C)nc2ccccc2c1=O. The summed E-state index contributed by atoms with van der Waals surface area (Å²) in [5, 5.41) is 1.27. The van der Waals surface area contributed by atoms with Gasteiger partial charge in [0.2, 0.25) is 5.91 Å². The van der Waals surface area contributed by atoms with Crippen molar-refractivity contribution in [3.63, 3.8) is 0 Å². The standard InChI is InChI=1S/C20H27N3O2S/c1-4-12-22-19(25)16-10-5-6-11-17(16)21-20(22)26-13-18(24)23-14(2)8-7-9-15(23)3/h5-6,10-11,14-15H,4,7-9,12-13H2,1-3H3/t14-,15-/m1/s1. The third kappa shape index (κ3) is 3.80. The number of piperidine rings is 1. The zero-order chi connectivity index (χ0) is 18.7. The van der Waals surface area contributed by atoms with Crippen LogP contribution >= 0.6 is 11.8 Å². The first-order chi connectivity index (χ1) is 12.5. The van der Waals surface area contributed by atoms with E-state index in [9.17, 15) is 9.59 Å². The van der Waals surface area contributed by atoms with Gasteiger partial charge in [0, 0.05) is 18.6 Å². The maximum absolute atomic E-state index is 12.8. The van der Waals surface area contributed by atoms with Crippen LogP contribution in [0.4, 0.5) is 0 Å². The van der Waals surface area contributed by atoms with E-state index in [-0.39, 0.29) is 23.6 Å². The van der Waals surface area contributed by atoms with Gasteiger partial charge in [-0.25, -0.2) is 4.98 Å². The fraction of sp³-hybridized carbons (Fsp3) is 0.550. The number of fused-ring (bicyclic) bond motifs is 1. The maximum Gasteiger partial charge on any atom is 0.262 e. The Kier molecular flexibility index (Phi) is 6.01. The molecule has 3 rings (SSSR count). The fourth-order valence-electron chi connectivity index (χ4n) is 3.79. The average Bonchev–Trinajstić information content (AvgIpc) is 2.62. The summed E-state index contributed by atoms with van der Waals surface area (Å²) < 4.78 is 1.71. The van der Waals surface area contributed by atoms with Crippen LogP contribution in [-0.2, 0) is 11.3 Å². The molecule has 0 radical (unpaired) electrons. The van der Waals surface area contributed by atoms with E-state index >= 15 is 0 Å². The summed E-state index contributed by atoms with van der Waals surface area (Å²) >= 11 is 1.38. The van der Waals surface area contributed by atoms with Crippen molar-refractivity contribution in [2.45, 2.75) is 70.2 Å². The predicted molar refractivity (Wildman–Crippen MR) is 107 cm³/mol. The molecule has 0 bridgehead atoms. The fourth-order valence-corrected chi connectivity index (χ4v) is 4.69. The third-order valence-electron chi connectivity index (χ3n) is 5.08. The molecule has 0 unspecified atom stereocenters. The van der Waals surface area contributed by atoms with Gasteiger partial charge in [0.25, 0.3) is 5.56 Å². The summed E-state index contributed by atoms with van der Waals surface area (Å²) in [6.07, 6.45) is 4.16. The molecule has 0 aliphatic carbocycles. The molecule has 6 heteroatoms. The van der Waals surface area contributed by atoms with E-state index in [0.29, 0.717) is 28.4 Å². The van der Waals surface area contributed by atoms with Gasteiger partial charge in [0.1, 0.15) is 0 Å². The number of rotatable bonds is 5. The average molecular weight is 374 g/mol. The number of nitrogens with zero attached hydrogens (tertiary/aromatic N) is 3. The van der Waals surface area contributed by atoms with Gasteiger partial charge in [-0.15, -0.1) is 0 Å². The van der Waals surface area contributed by atoms with Crippen LogP contribution < -0.4 is 5.56 Å². The number of carbonyl (C=O) groups is 1. The first kappa shape index (κ1) is 19.0. The predicted octanol–water partition coefficient (Wildman–Crippen LogP) is 3.69. The second-order valence-electron chi connectivity index (χ2n) is 7.09. The number of hydrogen-bond donors (Lipinski definition) is 0. The highest BCUT2D eigenvalue weighted by Crippen LogP contribution is 2.25. The summed E-state index contributed by atoms with van der Waals surface area (Å²) in [5.74, 6) is 0.462. The van der Waals surface area contributed by atoms with Crippen molar-refractivity contribution < 1.29 is 4.79 Å². The van der Waals surface area contributed by atoms with Crippen LogP contribution in [0.1, 0.15) is 46.5 Å². The van der Waals surface area contributed by atoms with Crippen molar-refractivity contribution in [3.8, 4) is 0 Å². The number of para-hydroxylation sites is 1. The number of amides is 1. The largest absolute Gasteiger partial charge is 0.337 e. The summed E-state index contributed by atoms with van der Waals surface area (Å²) in [4.78, 5) is 32.3. The molecule has 0 saturated carbocycles. The minimum absolute atomic E-state index is 0.0212. The highest BCUT2D eigenvalue weighted by Gasteiger charge is 2.29. The Bertz CT molecular complexity index is 839. The van der Waals surface area contributed by atoms with Crippen LogP contribution in [0.25, 0.3) is 10.9 Å². The molecule has 140 valence electrons. The van der Waals surface area contributed by atoms with Gasteiger partial charge in [-0.05, 0) is 51.7 Å². The number of hydrogen-bond acceptors (Lipinski definition) is 4. The zero-order valence-electron chi connectivity index (χ0n) is 15.8. The Morgan fingerprint density at radius 1 is 1.23 bits per heavy atom.